The van der Waals surface area contributed by atoms with Crippen molar-refractivity contribution in [2.24, 2.45) is 12.2 Å². The van der Waals surface area contributed by atoms with Crippen molar-refractivity contribution >= 4 is 5.71 Å². The van der Waals surface area contributed by atoms with Gasteiger partial charge in [-0.05, 0) is 35.9 Å². The van der Waals surface area contributed by atoms with E-state index in [4.69, 9.17) is 11.3 Å². The van der Waals surface area contributed by atoms with Crippen molar-refractivity contribution in [3.05, 3.63) is 39.8 Å². The molecule has 0 fully saturated rings. The molecule has 0 atom stereocenters. The Morgan fingerprint density at radius 2 is 2.23 bits per heavy atom. The molecular weight excluding hydrogens is 282 g/mol. The zero-order valence-electron chi connectivity index (χ0n) is 12.8. The predicted octanol–water partition coefficient (Wildman–Crippen LogP) is 1.25. The van der Waals surface area contributed by atoms with E-state index in [1.54, 1.807) is 18.2 Å². The van der Waals surface area contributed by atoms with Crippen LogP contribution in [-0.2, 0) is 18.5 Å². The molecule has 0 aliphatic rings. The molecule has 0 aliphatic carbocycles. The maximum absolute atomic E-state index is 12.0. The first kappa shape index (κ1) is 15.5. The van der Waals surface area contributed by atoms with E-state index < -0.39 is 0 Å². The number of hydrogen-bond donors (Lipinski definition) is 0. The highest BCUT2D eigenvalue weighted by atomic mass is 16.6. The van der Waals surface area contributed by atoms with Gasteiger partial charge in [0.1, 0.15) is 6.61 Å². The van der Waals surface area contributed by atoms with E-state index in [-0.39, 0.29) is 12.3 Å². The minimum atomic E-state index is -0.358. The Bertz CT molecular complexity index is 795. The van der Waals surface area contributed by atoms with E-state index in [0.29, 0.717) is 16.8 Å². The first-order valence-corrected chi connectivity index (χ1v) is 6.81. The lowest BCUT2D eigenvalue weighted by Crippen LogP contribution is -2.23. The summed E-state index contributed by atoms with van der Waals surface area (Å²) in [6.45, 7) is 4.01. The number of aromatic nitrogens is 4. The van der Waals surface area contributed by atoms with Gasteiger partial charge in [-0.2, -0.15) is 9.36 Å². The summed E-state index contributed by atoms with van der Waals surface area (Å²) in [5.74, 6) is 2.59. The third kappa shape index (κ3) is 3.06. The summed E-state index contributed by atoms with van der Waals surface area (Å²) in [6, 6.07) is 5.28. The molecular formula is C15H17N5O2. The number of terminal acetylenes is 1. The van der Waals surface area contributed by atoms with Gasteiger partial charge in [-0.25, -0.2) is 4.79 Å². The largest absolute Gasteiger partial charge is 0.391 e. The number of aryl methyl sites for hydroxylation is 1. The van der Waals surface area contributed by atoms with Crippen molar-refractivity contribution in [1.29, 1.82) is 0 Å². The maximum Gasteiger partial charge on any atom is 0.368 e. The molecule has 0 unspecified atom stereocenters. The minimum Gasteiger partial charge on any atom is -0.391 e. The van der Waals surface area contributed by atoms with Crippen LogP contribution in [0.2, 0.25) is 0 Å². The Morgan fingerprint density at radius 1 is 1.45 bits per heavy atom. The lowest BCUT2D eigenvalue weighted by Gasteiger charge is -2.10. The summed E-state index contributed by atoms with van der Waals surface area (Å²) in [5, 5.41) is 11.5. The smallest absolute Gasteiger partial charge is 0.368 e. The summed E-state index contributed by atoms with van der Waals surface area (Å²) in [7, 11) is 1.53. The summed E-state index contributed by atoms with van der Waals surface area (Å²) < 4.78 is 2.34. The molecule has 22 heavy (non-hydrogen) atoms. The Kier molecular flexibility index (Phi) is 4.73. The molecule has 0 aliphatic heterocycles. The van der Waals surface area contributed by atoms with Crippen LogP contribution >= 0.6 is 0 Å². The lowest BCUT2D eigenvalue weighted by atomic mass is 10.1. The molecule has 0 N–H and O–H groups in total. The first-order chi connectivity index (χ1) is 10.6. The first-order valence-electron chi connectivity index (χ1n) is 6.81. The average Bonchev–Trinajstić information content (AvgIpc) is 2.86. The predicted molar refractivity (Wildman–Crippen MR) is 82.7 cm³/mol. The van der Waals surface area contributed by atoms with Gasteiger partial charge < -0.3 is 4.84 Å². The highest BCUT2D eigenvalue weighted by Crippen LogP contribution is 2.18. The minimum absolute atomic E-state index is 0.149. The number of tetrazole rings is 1. The Morgan fingerprint density at radius 3 is 2.82 bits per heavy atom. The molecule has 114 valence electrons. The molecule has 0 spiro atoms. The van der Waals surface area contributed by atoms with E-state index in [0.717, 1.165) is 16.8 Å². The number of oxime groups is 1. The van der Waals surface area contributed by atoms with Crippen molar-refractivity contribution < 1.29 is 4.84 Å². The fourth-order valence-corrected chi connectivity index (χ4v) is 1.80. The van der Waals surface area contributed by atoms with Crippen LogP contribution in [0.4, 0.5) is 0 Å². The Labute approximate surface area is 128 Å². The van der Waals surface area contributed by atoms with E-state index in [2.05, 4.69) is 21.5 Å². The number of hydrogen-bond acceptors (Lipinski definition) is 5. The standard InChI is InChI=1S/C15H17N5O2/c1-5-11(3)16-22-10-13-12(6-2)8-7-9-14(13)20-15(21)19(4)17-18-20/h2,7-9H,5,10H2,1,3-4H3. The molecule has 1 heterocycles. The molecule has 2 rings (SSSR count). The molecule has 0 saturated carbocycles. The van der Waals surface area contributed by atoms with Gasteiger partial charge in [-0.1, -0.05) is 24.1 Å². The van der Waals surface area contributed by atoms with Crippen LogP contribution in [0.1, 0.15) is 31.4 Å². The van der Waals surface area contributed by atoms with Crippen molar-refractivity contribution in [3.63, 3.8) is 0 Å². The van der Waals surface area contributed by atoms with Gasteiger partial charge >= 0.3 is 5.69 Å². The van der Waals surface area contributed by atoms with Gasteiger partial charge in [0.25, 0.3) is 0 Å². The van der Waals surface area contributed by atoms with Gasteiger partial charge in [0.2, 0.25) is 0 Å². The summed E-state index contributed by atoms with van der Waals surface area (Å²) >= 11 is 0. The summed E-state index contributed by atoms with van der Waals surface area (Å²) in [4.78, 5) is 17.4. The van der Waals surface area contributed by atoms with Crippen LogP contribution in [0, 0.1) is 12.3 Å². The monoisotopic (exact) mass is 299 g/mol. The highest BCUT2D eigenvalue weighted by molar-refractivity contribution is 5.80. The number of benzene rings is 1. The lowest BCUT2D eigenvalue weighted by molar-refractivity contribution is 0.129. The van der Waals surface area contributed by atoms with Crippen molar-refractivity contribution in [1.82, 2.24) is 19.8 Å². The van der Waals surface area contributed by atoms with Crippen LogP contribution in [-0.4, -0.2) is 25.5 Å². The Balaban J connectivity index is 2.45. The summed E-state index contributed by atoms with van der Waals surface area (Å²) in [5.41, 5.74) is 2.35. The van der Waals surface area contributed by atoms with E-state index in [1.807, 2.05) is 13.8 Å². The molecule has 1 aromatic heterocycles. The second-order valence-corrected chi connectivity index (χ2v) is 4.70. The average molecular weight is 299 g/mol. The van der Waals surface area contributed by atoms with Crippen molar-refractivity contribution in [3.8, 4) is 18.0 Å². The molecule has 0 radical (unpaired) electrons. The van der Waals surface area contributed by atoms with Crippen LogP contribution in [0.25, 0.3) is 5.69 Å². The molecule has 2 aromatic rings. The zero-order valence-corrected chi connectivity index (χ0v) is 12.8. The summed E-state index contributed by atoms with van der Waals surface area (Å²) in [6.07, 6.45) is 6.33. The topological polar surface area (TPSA) is 74.3 Å². The molecule has 1 aromatic carbocycles. The SMILES string of the molecule is C#Cc1cccc(-n2nnn(C)c2=O)c1CON=C(C)CC. The molecule has 7 heteroatoms. The van der Waals surface area contributed by atoms with Gasteiger partial charge in [-0.15, -0.1) is 6.42 Å². The van der Waals surface area contributed by atoms with Gasteiger partial charge in [0.05, 0.1) is 11.4 Å². The van der Waals surface area contributed by atoms with Gasteiger partial charge in [-0.3, -0.25) is 0 Å². The van der Waals surface area contributed by atoms with Crippen LogP contribution in [0.3, 0.4) is 0 Å². The second-order valence-electron chi connectivity index (χ2n) is 4.70. The van der Waals surface area contributed by atoms with E-state index in [1.165, 1.54) is 11.7 Å². The van der Waals surface area contributed by atoms with Crippen LogP contribution < -0.4 is 5.69 Å². The normalized spacial score (nSPS) is 11.3. The quantitative estimate of drug-likeness (QED) is 0.473. The number of rotatable bonds is 5. The molecule has 0 saturated heterocycles. The van der Waals surface area contributed by atoms with Crippen LogP contribution in [0.5, 0.6) is 0 Å². The number of nitrogens with zero attached hydrogens (tertiary/aromatic N) is 5. The molecule has 0 bridgehead atoms. The van der Waals surface area contributed by atoms with Gasteiger partial charge in [0, 0.05) is 18.2 Å². The molecule has 0 amide bonds. The third-order valence-electron chi connectivity index (χ3n) is 3.20. The van der Waals surface area contributed by atoms with Gasteiger partial charge in [0.15, 0.2) is 0 Å². The molecule has 7 nitrogen and oxygen atoms in total. The van der Waals surface area contributed by atoms with E-state index >= 15 is 0 Å². The van der Waals surface area contributed by atoms with Crippen LogP contribution in [0.15, 0.2) is 28.1 Å². The fourth-order valence-electron chi connectivity index (χ4n) is 1.80. The zero-order chi connectivity index (χ0) is 16.1. The van der Waals surface area contributed by atoms with Crippen molar-refractivity contribution in [2.75, 3.05) is 0 Å². The van der Waals surface area contributed by atoms with E-state index in [9.17, 15) is 4.79 Å². The fraction of sp³-hybridized carbons (Fsp3) is 0.333. The maximum atomic E-state index is 12.0. The third-order valence-corrected chi connectivity index (χ3v) is 3.20. The second kappa shape index (κ2) is 6.72. The van der Waals surface area contributed by atoms with Crippen molar-refractivity contribution in [2.45, 2.75) is 26.9 Å². The highest BCUT2D eigenvalue weighted by Gasteiger charge is 2.14. The Hall–Kier alpha value is -2.88.